The third kappa shape index (κ3) is 9.40. The monoisotopic (exact) mass is 521 g/mol. The zero-order valence-corrected chi connectivity index (χ0v) is 21.2. The molecule has 0 aromatic carbocycles. The van der Waals surface area contributed by atoms with Crippen molar-refractivity contribution in [1.82, 2.24) is 20.4 Å². The number of aliphatic imine (C=N–C) groups is 1. The first kappa shape index (κ1) is 26.5. The second kappa shape index (κ2) is 15.3. The molecule has 1 unspecified atom stereocenters. The van der Waals surface area contributed by atoms with Crippen molar-refractivity contribution in [3.63, 3.8) is 0 Å². The van der Waals surface area contributed by atoms with Crippen LogP contribution < -0.4 is 10.6 Å². The summed E-state index contributed by atoms with van der Waals surface area (Å²) in [6, 6.07) is 0.315. The molecule has 170 valence electrons. The van der Waals surface area contributed by atoms with Crippen LogP contribution in [-0.2, 0) is 4.79 Å². The van der Waals surface area contributed by atoms with Gasteiger partial charge in [0.25, 0.3) is 0 Å². The summed E-state index contributed by atoms with van der Waals surface area (Å²) in [6.07, 6.45) is 10.5. The van der Waals surface area contributed by atoms with Gasteiger partial charge in [-0.25, -0.2) is 0 Å². The molecule has 29 heavy (non-hydrogen) atoms. The Kier molecular flexibility index (Phi) is 13.9. The molecule has 1 amide bonds. The molecular weight excluding hydrogens is 477 g/mol. The van der Waals surface area contributed by atoms with E-state index in [2.05, 4.69) is 39.3 Å². The number of halogens is 1. The van der Waals surface area contributed by atoms with Gasteiger partial charge in [-0.05, 0) is 58.2 Å². The second-order valence-corrected chi connectivity index (χ2v) is 8.44. The fraction of sp³-hybridized carbons (Fsp3) is 0.909. The van der Waals surface area contributed by atoms with Gasteiger partial charge in [0.05, 0.1) is 0 Å². The SMILES string of the molecule is CCCN(CCC)CCCNC(=NC)NC1CCN(C(=O)C2CCCCC2)C1.I. The molecule has 2 N–H and O–H groups in total. The third-order valence-corrected chi connectivity index (χ3v) is 6.04. The lowest BCUT2D eigenvalue weighted by atomic mass is 9.88. The molecule has 1 aliphatic heterocycles. The molecule has 2 fully saturated rings. The van der Waals surface area contributed by atoms with Crippen LogP contribution >= 0.6 is 24.0 Å². The number of amides is 1. The highest BCUT2D eigenvalue weighted by molar-refractivity contribution is 14.0. The van der Waals surface area contributed by atoms with Crippen LogP contribution in [0.1, 0.15) is 71.6 Å². The van der Waals surface area contributed by atoms with Gasteiger partial charge in [-0.3, -0.25) is 9.79 Å². The smallest absolute Gasteiger partial charge is 0.225 e. The third-order valence-electron chi connectivity index (χ3n) is 6.04. The summed E-state index contributed by atoms with van der Waals surface area (Å²) in [5.41, 5.74) is 0. The van der Waals surface area contributed by atoms with Crippen molar-refractivity contribution in [3.05, 3.63) is 0 Å². The number of carbonyl (C=O) groups is 1. The number of hydrogen-bond donors (Lipinski definition) is 2. The lowest BCUT2D eigenvalue weighted by Gasteiger charge is -2.26. The van der Waals surface area contributed by atoms with Crippen molar-refractivity contribution in [1.29, 1.82) is 0 Å². The van der Waals surface area contributed by atoms with Crippen molar-refractivity contribution in [2.75, 3.05) is 46.3 Å². The lowest BCUT2D eigenvalue weighted by Crippen LogP contribution is -2.46. The number of nitrogens with one attached hydrogen (secondary N) is 2. The van der Waals surface area contributed by atoms with Gasteiger partial charge in [-0.15, -0.1) is 24.0 Å². The van der Waals surface area contributed by atoms with Gasteiger partial charge in [-0.2, -0.15) is 0 Å². The summed E-state index contributed by atoms with van der Waals surface area (Å²) in [5, 5.41) is 6.98. The van der Waals surface area contributed by atoms with Crippen LogP contribution in [0, 0.1) is 5.92 Å². The van der Waals surface area contributed by atoms with E-state index < -0.39 is 0 Å². The van der Waals surface area contributed by atoms with Gasteiger partial charge in [-0.1, -0.05) is 33.1 Å². The van der Waals surface area contributed by atoms with Gasteiger partial charge in [0.15, 0.2) is 5.96 Å². The maximum absolute atomic E-state index is 12.7. The maximum Gasteiger partial charge on any atom is 0.225 e. The largest absolute Gasteiger partial charge is 0.356 e. The number of carbonyl (C=O) groups excluding carboxylic acids is 1. The highest BCUT2D eigenvalue weighted by Gasteiger charge is 2.31. The van der Waals surface area contributed by atoms with E-state index >= 15 is 0 Å². The Morgan fingerprint density at radius 3 is 2.38 bits per heavy atom. The molecule has 2 aliphatic rings. The van der Waals surface area contributed by atoms with Crippen molar-refractivity contribution >= 4 is 35.8 Å². The molecule has 0 radical (unpaired) electrons. The molecule has 6 nitrogen and oxygen atoms in total. The van der Waals surface area contributed by atoms with Crippen molar-refractivity contribution in [2.45, 2.75) is 77.7 Å². The van der Waals surface area contributed by atoms with Crippen LogP contribution in [0.3, 0.4) is 0 Å². The van der Waals surface area contributed by atoms with Gasteiger partial charge >= 0.3 is 0 Å². The first-order valence-electron chi connectivity index (χ1n) is 11.7. The first-order valence-corrected chi connectivity index (χ1v) is 11.7. The van der Waals surface area contributed by atoms with Crippen LogP contribution in [0.2, 0.25) is 0 Å². The minimum Gasteiger partial charge on any atom is -0.356 e. The molecular formula is C22H44IN5O. The summed E-state index contributed by atoms with van der Waals surface area (Å²) in [7, 11) is 1.83. The van der Waals surface area contributed by atoms with Crippen molar-refractivity contribution in [3.8, 4) is 0 Å². The molecule has 0 bridgehead atoms. The second-order valence-electron chi connectivity index (χ2n) is 8.44. The average Bonchev–Trinajstić information content (AvgIpc) is 3.19. The summed E-state index contributed by atoms with van der Waals surface area (Å²) in [5.74, 6) is 1.53. The fourth-order valence-corrected chi connectivity index (χ4v) is 4.55. The average molecular weight is 522 g/mol. The Morgan fingerprint density at radius 1 is 1.07 bits per heavy atom. The predicted molar refractivity (Wildman–Crippen MR) is 133 cm³/mol. The molecule has 0 aromatic heterocycles. The molecule has 7 heteroatoms. The zero-order valence-electron chi connectivity index (χ0n) is 18.9. The summed E-state index contributed by atoms with van der Waals surface area (Å²) in [4.78, 5) is 21.7. The van der Waals surface area contributed by atoms with E-state index in [0.717, 1.165) is 57.8 Å². The van der Waals surface area contributed by atoms with Gasteiger partial charge in [0.2, 0.25) is 5.91 Å². The van der Waals surface area contributed by atoms with Crippen LogP contribution in [-0.4, -0.2) is 74.0 Å². The number of hydrogen-bond acceptors (Lipinski definition) is 3. The molecule has 1 aliphatic carbocycles. The normalized spacial score (nSPS) is 20.6. The Morgan fingerprint density at radius 2 is 1.76 bits per heavy atom. The molecule has 1 atom stereocenters. The number of likely N-dealkylation sites (tertiary alicyclic amines) is 1. The van der Waals surface area contributed by atoms with E-state index in [1.54, 1.807) is 0 Å². The van der Waals surface area contributed by atoms with E-state index in [-0.39, 0.29) is 29.9 Å². The van der Waals surface area contributed by atoms with Crippen LogP contribution in [0.4, 0.5) is 0 Å². The maximum atomic E-state index is 12.7. The molecule has 0 aromatic rings. The quantitative estimate of drug-likeness (QED) is 0.200. The summed E-state index contributed by atoms with van der Waals surface area (Å²) >= 11 is 0. The van der Waals surface area contributed by atoms with Crippen LogP contribution in [0.15, 0.2) is 4.99 Å². The molecule has 2 rings (SSSR count). The number of guanidine groups is 1. The summed E-state index contributed by atoms with van der Waals surface area (Å²) in [6.45, 7) is 10.6. The van der Waals surface area contributed by atoms with Crippen molar-refractivity contribution in [2.24, 2.45) is 10.9 Å². The Labute approximate surface area is 195 Å². The van der Waals surface area contributed by atoms with Gasteiger partial charge < -0.3 is 20.4 Å². The topological polar surface area (TPSA) is 60.0 Å². The minimum atomic E-state index is 0. The van der Waals surface area contributed by atoms with E-state index in [1.165, 1.54) is 45.2 Å². The highest BCUT2D eigenvalue weighted by Crippen LogP contribution is 2.26. The van der Waals surface area contributed by atoms with Gasteiger partial charge in [0, 0.05) is 38.6 Å². The van der Waals surface area contributed by atoms with E-state index in [1.807, 2.05) is 7.05 Å². The fourth-order valence-electron chi connectivity index (χ4n) is 4.55. The minimum absolute atomic E-state index is 0. The van der Waals surface area contributed by atoms with E-state index in [0.29, 0.717) is 11.9 Å². The Hall–Kier alpha value is -0.570. The highest BCUT2D eigenvalue weighted by atomic mass is 127. The standard InChI is InChI=1S/C22H43N5O.HI/c1-4-14-26(15-5-2)16-9-13-24-22(23-3)25-20-12-17-27(18-20)21(28)19-10-7-6-8-11-19;/h19-20H,4-18H2,1-3H3,(H2,23,24,25);1H. The molecule has 1 saturated carbocycles. The first-order chi connectivity index (χ1) is 13.7. The van der Waals surface area contributed by atoms with E-state index in [9.17, 15) is 4.79 Å². The lowest BCUT2D eigenvalue weighted by molar-refractivity contribution is -0.135. The van der Waals surface area contributed by atoms with Gasteiger partial charge in [0.1, 0.15) is 0 Å². The predicted octanol–water partition coefficient (Wildman–Crippen LogP) is 3.46. The number of nitrogens with zero attached hydrogens (tertiary/aromatic N) is 3. The Balaban J connectivity index is 0.00000420. The molecule has 0 spiro atoms. The zero-order chi connectivity index (χ0) is 20.2. The van der Waals surface area contributed by atoms with Crippen LogP contribution in [0.5, 0.6) is 0 Å². The molecule has 1 heterocycles. The van der Waals surface area contributed by atoms with E-state index in [4.69, 9.17) is 0 Å². The summed E-state index contributed by atoms with van der Waals surface area (Å²) < 4.78 is 0. The van der Waals surface area contributed by atoms with Crippen LogP contribution in [0.25, 0.3) is 0 Å². The Bertz CT molecular complexity index is 476. The van der Waals surface area contributed by atoms with Crippen molar-refractivity contribution < 1.29 is 4.79 Å². The number of rotatable bonds is 10. The molecule has 1 saturated heterocycles.